The number of hydrogen-bond acceptors (Lipinski definition) is 6. The minimum absolute atomic E-state index is 0.226. The molecule has 0 bridgehead atoms. The number of amides is 2. The van der Waals surface area contributed by atoms with E-state index in [1.165, 1.54) is 19.4 Å². The summed E-state index contributed by atoms with van der Waals surface area (Å²) in [5, 5.41) is 6.68. The van der Waals surface area contributed by atoms with Crippen molar-refractivity contribution in [3.63, 3.8) is 0 Å². The first-order valence-corrected chi connectivity index (χ1v) is 10.1. The molecular formula is C24H20ClN3O5. The largest absolute Gasteiger partial charge is 0.493 e. The Morgan fingerprint density at radius 2 is 1.70 bits per heavy atom. The lowest BCUT2D eigenvalue weighted by Crippen LogP contribution is -2.32. The van der Waals surface area contributed by atoms with E-state index in [1.807, 2.05) is 6.92 Å². The number of anilines is 1. The van der Waals surface area contributed by atoms with Gasteiger partial charge >= 0.3 is 17.8 Å². The first-order valence-electron chi connectivity index (χ1n) is 9.73. The molecule has 0 aromatic heterocycles. The second kappa shape index (κ2) is 10.9. The van der Waals surface area contributed by atoms with Crippen LogP contribution in [-0.4, -0.2) is 31.1 Å². The summed E-state index contributed by atoms with van der Waals surface area (Å²) in [6.45, 7) is 1.82. The van der Waals surface area contributed by atoms with Crippen LogP contribution in [0.4, 0.5) is 5.69 Å². The number of aryl methyl sites for hydroxylation is 1. The molecule has 3 aromatic rings. The van der Waals surface area contributed by atoms with Crippen LogP contribution in [0.3, 0.4) is 0 Å². The third-order valence-electron chi connectivity index (χ3n) is 4.42. The van der Waals surface area contributed by atoms with Gasteiger partial charge in [0.2, 0.25) is 0 Å². The van der Waals surface area contributed by atoms with E-state index in [9.17, 15) is 14.4 Å². The summed E-state index contributed by atoms with van der Waals surface area (Å²) in [5.41, 5.74) is 4.32. The smallest absolute Gasteiger partial charge is 0.343 e. The van der Waals surface area contributed by atoms with Gasteiger partial charge in [-0.3, -0.25) is 9.59 Å². The van der Waals surface area contributed by atoms with Crippen molar-refractivity contribution < 1.29 is 23.9 Å². The molecule has 0 aliphatic heterocycles. The van der Waals surface area contributed by atoms with Gasteiger partial charge in [-0.2, -0.15) is 5.10 Å². The summed E-state index contributed by atoms with van der Waals surface area (Å²) in [4.78, 5) is 36.2. The number of esters is 1. The lowest BCUT2D eigenvalue weighted by Gasteiger charge is -2.10. The Labute approximate surface area is 195 Å². The average molecular weight is 466 g/mol. The molecule has 8 nitrogen and oxygen atoms in total. The Balaban J connectivity index is 1.60. The molecule has 0 spiro atoms. The van der Waals surface area contributed by atoms with Crippen molar-refractivity contribution in [2.45, 2.75) is 6.92 Å². The molecular weight excluding hydrogens is 446 g/mol. The van der Waals surface area contributed by atoms with Gasteiger partial charge in [-0.15, -0.1) is 0 Å². The Kier molecular flexibility index (Phi) is 7.77. The van der Waals surface area contributed by atoms with E-state index in [0.717, 1.165) is 5.56 Å². The monoisotopic (exact) mass is 465 g/mol. The minimum Gasteiger partial charge on any atom is -0.493 e. The Morgan fingerprint density at radius 3 is 2.39 bits per heavy atom. The van der Waals surface area contributed by atoms with Gasteiger partial charge in [0.1, 0.15) is 0 Å². The predicted molar refractivity (Wildman–Crippen MR) is 125 cm³/mol. The fourth-order valence-electron chi connectivity index (χ4n) is 2.66. The van der Waals surface area contributed by atoms with Crippen LogP contribution in [-0.2, 0) is 9.59 Å². The van der Waals surface area contributed by atoms with Gasteiger partial charge in [0.15, 0.2) is 11.5 Å². The van der Waals surface area contributed by atoms with Crippen LogP contribution in [0.25, 0.3) is 0 Å². The second-order valence-electron chi connectivity index (χ2n) is 6.78. The maximum atomic E-state index is 12.2. The highest BCUT2D eigenvalue weighted by molar-refractivity contribution is 6.39. The second-order valence-corrected chi connectivity index (χ2v) is 7.19. The molecule has 0 aliphatic rings. The van der Waals surface area contributed by atoms with E-state index in [4.69, 9.17) is 21.1 Å². The lowest BCUT2D eigenvalue weighted by molar-refractivity contribution is -0.136. The standard InChI is InChI=1S/C24H20ClN3O5/c1-15-8-10-18(13-19(15)25)27-22(29)23(30)28-26-14-16-9-11-20(21(12-16)32-2)33-24(31)17-6-4-3-5-7-17/h3-14H,1-2H3,(H,27,29)(H,28,30). The summed E-state index contributed by atoms with van der Waals surface area (Å²) >= 11 is 6.01. The van der Waals surface area contributed by atoms with Crippen molar-refractivity contribution >= 4 is 41.3 Å². The van der Waals surface area contributed by atoms with Gasteiger partial charge in [0.05, 0.1) is 18.9 Å². The number of nitrogens with zero attached hydrogens (tertiary/aromatic N) is 1. The molecule has 168 valence electrons. The minimum atomic E-state index is -0.955. The number of halogens is 1. The van der Waals surface area contributed by atoms with Crippen molar-refractivity contribution in [1.82, 2.24) is 5.43 Å². The fraction of sp³-hybridized carbons (Fsp3) is 0.0833. The summed E-state index contributed by atoms with van der Waals surface area (Å²) in [6, 6.07) is 18.2. The molecule has 0 aliphatic carbocycles. The number of rotatable bonds is 6. The van der Waals surface area contributed by atoms with E-state index < -0.39 is 17.8 Å². The first kappa shape index (κ1) is 23.5. The SMILES string of the molecule is COc1cc(C=NNC(=O)C(=O)Nc2ccc(C)c(Cl)c2)ccc1OC(=O)c1ccccc1. The zero-order valence-corrected chi connectivity index (χ0v) is 18.6. The number of nitrogens with one attached hydrogen (secondary N) is 2. The maximum absolute atomic E-state index is 12.2. The highest BCUT2D eigenvalue weighted by Gasteiger charge is 2.14. The molecule has 2 N–H and O–H groups in total. The van der Waals surface area contributed by atoms with E-state index >= 15 is 0 Å². The van der Waals surface area contributed by atoms with Gasteiger partial charge in [0.25, 0.3) is 0 Å². The maximum Gasteiger partial charge on any atom is 0.343 e. The van der Waals surface area contributed by atoms with Gasteiger partial charge < -0.3 is 14.8 Å². The lowest BCUT2D eigenvalue weighted by atomic mass is 10.2. The van der Waals surface area contributed by atoms with Crippen LogP contribution < -0.4 is 20.2 Å². The normalized spacial score (nSPS) is 10.5. The predicted octanol–water partition coefficient (Wildman–Crippen LogP) is 3.97. The number of carbonyl (C=O) groups excluding carboxylic acids is 3. The summed E-state index contributed by atoms with van der Waals surface area (Å²) in [7, 11) is 1.43. The molecule has 3 rings (SSSR count). The van der Waals surface area contributed by atoms with Crippen molar-refractivity contribution in [3.05, 3.63) is 88.4 Å². The Bertz CT molecular complexity index is 1210. The molecule has 9 heteroatoms. The van der Waals surface area contributed by atoms with Crippen LogP contribution >= 0.6 is 11.6 Å². The zero-order valence-electron chi connectivity index (χ0n) is 17.8. The molecule has 0 atom stereocenters. The number of ether oxygens (including phenoxy) is 2. The first-order chi connectivity index (χ1) is 15.9. The van der Waals surface area contributed by atoms with Crippen molar-refractivity contribution in [2.24, 2.45) is 5.10 Å². The topological polar surface area (TPSA) is 106 Å². The van der Waals surface area contributed by atoms with Crippen LogP contribution in [0.15, 0.2) is 71.8 Å². The summed E-state index contributed by atoms with van der Waals surface area (Å²) in [6.07, 6.45) is 1.32. The molecule has 2 amide bonds. The fourth-order valence-corrected chi connectivity index (χ4v) is 2.84. The third kappa shape index (κ3) is 6.41. The van der Waals surface area contributed by atoms with E-state index in [-0.39, 0.29) is 5.75 Å². The van der Waals surface area contributed by atoms with Crippen LogP contribution in [0.5, 0.6) is 11.5 Å². The molecule has 3 aromatic carbocycles. The van der Waals surface area contributed by atoms with Gasteiger partial charge in [-0.05, 0) is 60.5 Å². The molecule has 0 saturated heterocycles. The Morgan fingerprint density at radius 1 is 0.939 bits per heavy atom. The zero-order chi connectivity index (χ0) is 23.8. The van der Waals surface area contributed by atoms with Crippen molar-refractivity contribution in [1.29, 1.82) is 0 Å². The molecule has 0 heterocycles. The number of hydrazone groups is 1. The van der Waals surface area contributed by atoms with Crippen LogP contribution in [0.1, 0.15) is 21.5 Å². The van der Waals surface area contributed by atoms with Crippen molar-refractivity contribution in [2.75, 3.05) is 12.4 Å². The van der Waals surface area contributed by atoms with Gasteiger partial charge in [-0.25, -0.2) is 10.2 Å². The van der Waals surface area contributed by atoms with Gasteiger partial charge in [-0.1, -0.05) is 35.9 Å². The van der Waals surface area contributed by atoms with Crippen molar-refractivity contribution in [3.8, 4) is 11.5 Å². The van der Waals surface area contributed by atoms with Crippen LogP contribution in [0.2, 0.25) is 5.02 Å². The van der Waals surface area contributed by atoms with Gasteiger partial charge in [0, 0.05) is 10.7 Å². The number of methoxy groups -OCH3 is 1. The highest BCUT2D eigenvalue weighted by Crippen LogP contribution is 2.28. The number of benzene rings is 3. The highest BCUT2D eigenvalue weighted by atomic mass is 35.5. The van der Waals surface area contributed by atoms with E-state index in [1.54, 1.807) is 60.7 Å². The third-order valence-corrected chi connectivity index (χ3v) is 4.82. The molecule has 0 saturated carbocycles. The quantitative estimate of drug-likeness (QED) is 0.188. The summed E-state index contributed by atoms with van der Waals surface area (Å²) in [5.74, 6) is -1.85. The molecule has 0 radical (unpaired) electrons. The molecule has 33 heavy (non-hydrogen) atoms. The molecule has 0 fully saturated rings. The van der Waals surface area contributed by atoms with Crippen LogP contribution in [0, 0.1) is 6.92 Å². The molecule has 0 unspecified atom stereocenters. The van der Waals surface area contributed by atoms with E-state index in [2.05, 4.69) is 15.8 Å². The Hall–Kier alpha value is -4.17. The average Bonchev–Trinajstić information content (AvgIpc) is 2.82. The number of carbonyl (C=O) groups is 3. The van der Waals surface area contributed by atoms with E-state index in [0.29, 0.717) is 27.6 Å². The number of hydrogen-bond donors (Lipinski definition) is 2. The summed E-state index contributed by atoms with van der Waals surface area (Å²) < 4.78 is 10.7.